The van der Waals surface area contributed by atoms with Crippen molar-refractivity contribution in [3.8, 4) is 28.7 Å². The van der Waals surface area contributed by atoms with E-state index >= 15 is 0 Å². The summed E-state index contributed by atoms with van der Waals surface area (Å²) in [7, 11) is 1.19. The first kappa shape index (κ1) is 27.7. The van der Waals surface area contributed by atoms with Crippen molar-refractivity contribution >= 4 is 11.8 Å². The normalized spacial score (nSPS) is 22.7. The molecule has 3 aromatic carbocycles. The number of phenols is 4. The lowest BCUT2D eigenvalue weighted by molar-refractivity contribution is -0.232. The molecule has 1 fully saturated rings. The van der Waals surface area contributed by atoms with Crippen LogP contribution in [0.4, 0.5) is 0 Å². The molecule has 0 unspecified atom stereocenters. The van der Waals surface area contributed by atoms with Gasteiger partial charge in [0.25, 0.3) is 0 Å². The number of ether oxygens (including phenoxy) is 3. The van der Waals surface area contributed by atoms with E-state index in [1.165, 1.54) is 55.6 Å². The lowest BCUT2D eigenvalue weighted by Gasteiger charge is -2.42. The molecule has 1 aliphatic heterocycles. The molecule has 5 atom stereocenters. The number of aliphatic hydroxyl groups is 3. The van der Waals surface area contributed by atoms with E-state index in [0.717, 1.165) is 6.07 Å². The molecule has 7 N–H and O–H groups in total. The van der Waals surface area contributed by atoms with Crippen molar-refractivity contribution in [3.05, 3.63) is 76.9 Å². The zero-order chi connectivity index (χ0) is 28.4. The number of methoxy groups -OCH3 is 1. The monoisotopic (exact) mass is 542 g/mol. The third-order valence-electron chi connectivity index (χ3n) is 6.36. The third-order valence-corrected chi connectivity index (χ3v) is 6.36. The molecule has 12 nitrogen and oxygen atoms in total. The molecule has 0 aromatic heterocycles. The first-order chi connectivity index (χ1) is 18.6. The first-order valence-corrected chi connectivity index (χ1v) is 11.7. The Morgan fingerprint density at radius 1 is 0.872 bits per heavy atom. The van der Waals surface area contributed by atoms with Crippen LogP contribution < -0.4 is 4.74 Å². The number of carbonyl (C=O) groups excluding carboxylic acids is 2. The maximum atomic E-state index is 13.2. The second-order valence-electron chi connectivity index (χ2n) is 8.79. The fourth-order valence-corrected chi connectivity index (χ4v) is 4.32. The summed E-state index contributed by atoms with van der Waals surface area (Å²) in [6.07, 6.45) is -8.26. The molecule has 1 aliphatic rings. The molecule has 3 aromatic rings. The maximum absolute atomic E-state index is 13.2. The topological polar surface area (TPSA) is 203 Å². The predicted octanol–water partition coefficient (Wildman–Crippen LogP) is 1.13. The number of phenolic OH excluding ortho intramolecular Hbond substituents is 4. The number of carbonyl (C=O) groups is 2. The van der Waals surface area contributed by atoms with Gasteiger partial charge in [0.2, 0.25) is 5.78 Å². The molecule has 1 saturated heterocycles. The Hall–Kier alpha value is -4.36. The number of benzene rings is 3. The largest absolute Gasteiger partial charge is 0.508 e. The van der Waals surface area contributed by atoms with Crippen LogP contribution >= 0.6 is 0 Å². The standard InChI is InChI=1S/C27H26O12/c1-37-17-10-16(31)19(21(32)12-2-6-14(29)7-3-12)23(34)20(17)25-26(24(35)22(33)18(11-28)38-25)39-27(36)13-4-8-15(30)9-5-13/h2-10,18,22,24-26,28-31,33-35H,11H2,1H3/t18-,22-,24+,25+,26-/m1/s1. The molecule has 39 heavy (non-hydrogen) atoms. The van der Waals surface area contributed by atoms with Crippen LogP contribution in [0, 0.1) is 0 Å². The summed E-state index contributed by atoms with van der Waals surface area (Å²) in [6, 6.07) is 11.0. The van der Waals surface area contributed by atoms with E-state index in [-0.39, 0.29) is 33.9 Å². The van der Waals surface area contributed by atoms with Crippen molar-refractivity contribution in [2.24, 2.45) is 0 Å². The van der Waals surface area contributed by atoms with Crippen molar-refractivity contribution in [2.75, 3.05) is 13.7 Å². The second kappa shape index (κ2) is 11.2. The number of hydrogen-bond donors (Lipinski definition) is 7. The summed E-state index contributed by atoms with van der Waals surface area (Å²) in [5.41, 5.74) is -0.920. The number of aliphatic hydroxyl groups excluding tert-OH is 3. The number of rotatable bonds is 7. The summed E-state index contributed by atoms with van der Waals surface area (Å²) >= 11 is 0. The highest BCUT2D eigenvalue weighted by molar-refractivity contribution is 6.13. The Labute approximate surface area is 221 Å². The Balaban J connectivity index is 1.82. The van der Waals surface area contributed by atoms with Crippen LogP contribution in [0.3, 0.4) is 0 Å². The Kier molecular flexibility index (Phi) is 7.93. The van der Waals surface area contributed by atoms with Crippen LogP contribution in [-0.4, -0.2) is 85.6 Å². The Bertz CT molecular complexity index is 1350. The Morgan fingerprint density at radius 3 is 1.97 bits per heavy atom. The molecule has 0 bridgehead atoms. The summed E-state index contributed by atoms with van der Waals surface area (Å²) in [5.74, 6) is -3.78. The summed E-state index contributed by atoms with van der Waals surface area (Å²) in [4.78, 5) is 26.1. The van der Waals surface area contributed by atoms with Gasteiger partial charge >= 0.3 is 5.97 Å². The van der Waals surface area contributed by atoms with Gasteiger partial charge in [-0.2, -0.15) is 0 Å². The van der Waals surface area contributed by atoms with E-state index in [0.29, 0.717) is 0 Å². The molecule has 0 aliphatic carbocycles. The SMILES string of the molecule is COc1cc(O)c(C(=O)c2ccc(O)cc2)c(O)c1[C@@H]1O[C@H](CO)[C@@H](O)[C@H](O)[C@H]1OC(=O)c1ccc(O)cc1. The fourth-order valence-electron chi connectivity index (χ4n) is 4.32. The van der Waals surface area contributed by atoms with E-state index in [1.807, 2.05) is 0 Å². The van der Waals surface area contributed by atoms with E-state index < -0.39 is 65.9 Å². The number of esters is 1. The maximum Gasteiger partial charge on any atom is 0.338 e. The second-order valence-corrected chi connectivity index (χ2v) is 8.79. The van der Waals surface area contributed by atoms with E-state index in [1.54, 1.807) is 0 Å². The van der Waals surface area contributed by atoms with Gasteiger partial charge in [-0.3, -0.25) is 4.79 Å². The van der Waals surface area contributed by atoms with Gasteiger partial charge in [-0.25, -0.2) is 4.79 Å². The van der Waals surface area contributed by atoms with E-state index in [4.69, 9.17) is 14.2 Å². The molecule has 0 radical (unpaired) electrons. The van der Waals surface area contributed by atoms with Crippen LogP contribution in [0.15, 0.2) is 54.6 Å². The molecule has 4 rings (SSSR count). The molecular weight excluding hydrogens is 516 g/mol. The summed E-state index contributed by atoms with van der Waals surface area (Å²) in [5, 5.41) is 72.0. The van der Waals surface area contributed by atoms with E-state index in [9.17, 15) is 45.3 Å². The molecule has 206 valence electrons. The van der Waals surface area contributed by atoms with Crippen molar-refractivity contribution in [2.45, 2.75) is 30.5 Å². The zero-order valence-electron chi connectivity index (χ0n) is 20.5. The molecule has 1 heterocycles. The predicted molar refractivity (Wildman–Crippen MR) is 132 cm³/mol. The van der Waals surface area contributed by atoms with Crippen LogP contribution in [0.25, 0.3) is 0 Å². The van der Waals surface area contributed by atoms with Gasteiger partial charge in [-0.15, -0.1) is 0 Å². The third kappa shape index (κ3) is 5.31. The highest BCUT2D eigenvalue weighted by Gasteiger charge is 2.49. The quantitative estimate of drug-likeness (QED) is 0.166. The van der Waals surface area contributed by atoms with Crippen molar-refractivity contribution in [1.82, 2.24) is 0 Å². The van der Waals surface area contributed by atoms with Crippen molar-refractivity contribution < 1.29 is 59.5 Å². The van der Waals surface area contributed by atoms with Gasteiger partial charge in [-0.05, 0) is 48.5 Å². The van der Waals surface area contributed by atoms with Crippen LogP contribution in [0.5, 0.6) is 28.7 Å². The van der Waals surface area contributed by atoms with Gasteiger partial charge < -0.3 is 50.0 Å². The van der Waals surface area contributed by atoms with Gasteiger partial charge in [0.15, 0.2) is 6.10 Å². The average molecular weight is 542 g/mol. The van der Waals surface area contributed by atoms with Crippen LogP contribution in [0.2, 0.25) is 0 Å². The summed E-state index contributed by atoms with van der Waals surface area (Å²) in [6.45, 7) is -0.770. The van der Waals surface area contributed by atoms with Crippen molar-refractivity contribution in [1.29, 1.82) is 0 Å². The molecule has 0 saturated carbocycles. The lowest BCUT2D eigenvalue weighted by Crippen LogP contribution is -2.56. The molecule has 12 heteroatoms. The first-order valence-electron chi connectivity index (χ1n) is 11.7. The van der Waals surface area contributed by atoms with Gasteiger partial charge in [-0.1, -0.05) is 0 Å². The summed E-state index contributed by atoms with van der Waals surface area (Å²) < 4.78 is 16.5. The smallest absolute Gasteiger partial charge is 0.338 e. The van der Waals surface area contributed by atoms with Crippen LogP contribution in [-0.2, 0) is 9.47 Å². The van der Waals surface area contributed by atoms with E-state index in [2.05, 4.69) is 0 Å². The average Bonchev–Trinajstić information content (AvgIpc) is 2.92. The van der Waals surface area contributed by atoms with Crippen molar-refractivity contribution in [3.63, 3.8) is 0 Å². The molecule has 0 spiro atoms. The highest BCUT2D eigenvalue weighted by Crippen LogP contribution is 2.47. The van der Waals surface area contributed by atoms with Crippen LogP contribution in [0.1, 0.15) is 37.9 Å². The van der Waals surface area contributed by atoms with Gasteiger partial charge in [0.05, 0.1) is 24.8 Å². The van der Waals surface area contributed by atoms with Gasteiger partial charge in [0.1, 0.15) is 58.7 Å². The van der Waals surface area contributed by atoms with Gasteiger partial charge in [0, 0.05) is 11.6 Å². The lowest BCUT2D eigenvalue weighted by atomic mass is 9.88. The number of hydrogen-bond acceptors (Lipinski definition) is 12. The minimum absolute atomic E-state index is 0.00178. The zero-order valence-corrected chi connectivity index (χ0v) is 20.5. The number of aromatic hydroxyl groups is 4. The fraction of sp³-hybridized carbons (Fsp3) is 0.259. The highest BCUT2D eigenvalue weighted by atomic mass is 16.6. The Morgan fingerprint density at radius 2 is 1.44 bits per heavy atom. The molecular formula is C27H26O12. The minimum Gasteiger partial charge on any atom is -0.508 e. The number of ketones is 1. The minimum atomic E-state index is -1.84. The molecule has 0 amide bonds.